The molecule has 0 aliphatic carbocycles. The minimum Gasteiger partial charge on any atom is -0.999 e. The molecule has 5 aromatic carbocycles. The molecular weight excluding hydrogens is 487 g/mol. The van der Waals surface area contributed by atoms with Gasteiger partial charge in [-0.3, -0.25) is 9.59 Å². The number of benzene rings is 4. The van der Waals surface area contributed by atoms with Gasteiger partial charge in [0.1, 0.15) is 0 Å². The summed E-state index contributed by atoms with van der Waals surface area (Å²) in [6.07, 6.45) is 0. The Morgan fingerprint density at radius 3 is 0.972 bits per heavy atom. The van der Waals surface area contributed by atoms with E-state index >= 15 is 0 Å². The number of Topliss-reactive ketones (excluding diaryl/α,β-unsaturated/α-hetero) is 2. The Kier molecular flexibility index (Phi) is 10.0. The number of allylic oxidation sites excluding steroid dienone is 2. The topological polar surface area (TPSA) is 34.1 Å². The maximum Gasteiger partial charge on any atom is 0.194 e. The van der Waals surface area contributed by atoms with Gasteiger partial charge in [0.05, 0.1) is 0 Å². The van der Waals surface area contributed by atoms with E-state index in [1.54, 1.807) is 30.3 Å². The molecule has 0 atom stereocenters. The molecule has 2 nitrogen and oxygen atoms in total. The van der Waals surface area contributed by atoms with Crippen LogP contribution in [0.25, 0.3) is 11.1 Å². The van der Waals surface area contributed by atoms with Gasteiger partial charge in [0.2, 0.25) is 0 Å². The standard InChI is InChI=1S/C28H20O2.C5H.Co/c29-27(23-17-9-3-10-18-23)25(21-13-5-1-6-14-21)26(22-15-7-2-8-16-22)28(30)24-19-11-4-12-20-24;1-2-4-5-3-1;/h1-20H;1H;/q;-5;. The molecule has 0 saturated carbocycles. The minimum atomic E-state index is -0.176. The van der Waals surface area contributed by atoms with Gasteiger partial charge in [-0.1, -0.05) is 121 Å². The largest absolute Gasteiger partial charge is 0.999 e. The number of hydrogen-bond acceptors (Lipinski definition) is 2. The first-order valence-corrected chi connectivity index (χ1v) is 11.1. The van der Waals surface area contributed by atoms with E-state index in [-0.39, 0.29) is 28.3 Å². The molecule has 0 amide bonds. The fourth-order valence-corrected chi connectivity index (χ4v) is 3.64. The Labute approximate surface area is 222 Å². The van der Waals surface area contributed by atoms with Gasteiger partial charge in [-0.15, -0.1) is 0 Å². The molecule has 0 aliphatic rings. The maximum absolute atomic E-state index is 13.7. The van der Waals surface area contributed by atoms with Crippen molar-refractivity contribution in [2.75, 3.05) is 0 Å². The van der Waals surface area contributed by atoms with E-state index in [1.807, 2.05) is 97.1 Å². The summed E-state index contributed by atoms with van der Waals surface area (Å²) in [4.78, 5) is 27.4. The Morgan fingerprint density at radius 1 is 0.444 bits per heavy atom. The van der Waals surface area contributed by atoms with Crippen molar-refractivity contribution in [2.45, 2.75) is 0 Å². The van der Waals surface area contributed by atoms with Gasteiger partial charge in [0.25, 0.3) is 0 Å². The van der Waals surface area contributed by atoms with E-state index in [0.717, 1.165) is 11.1 Å². The molecule has 0 unspecified atom stereocenters. The quantitative estimate of drug-likeness (QED) is 0.108. The van der Waals surface area contributed by atoms with Crippen LogP contribution in [0.4, 0.5) is 0 Å². The monoisotopic (exact) mass is 508 g/mol. The van der Waals surface area contributed by atoms with E-state index in [0.29, 0.717) is 22.3 Å². The van der Waals surface area contributed by atoms with E-state index in [9.17, 15) is 9.59 Å². The SMILES string of the molecule is O=C(C(=C(C(=O)c1ccccc1)c1ccccc1)c1ccccc1)c1ccccc1.[Co].[c-]1[c-][c-][cH-][c-]1. The Morgan fingerprint density at radius 2 is 0.722 bits per heavy atom. The zero-order valence-electron chi connectivity index (χ0n) is 19.3. The summed E-state index contributed by atoms with van der Waals surface area (Å²) in [6.45, 7) is 0. The van der Waals surface area contributed by atoms with Crippen LogP contribution < -0.4 is 0 Å². The van der Waals surface area contributed by atoms with Crippen molar-refractivity contribution in [1.29, 1.82) is 0 Å². The number of rotatable bonds is 6. The second-order valence-corrected chi connectivity index (χ2v) is 7.56. The van der Waals surface area contributed by atoms with Gasteiger partial charge >= 0.3 is 0 Å². The molecule has 0 aromatic heterocycles. The molecule has 1 radical (unpaired) electrons. The zero-order valence-corrected chi connectivity index (χ0v) is 20.3. The molecular formula is C33H21CoO2-5. The maximum atomic E-state index is 13.7. The fraction of sp³-hybridized carbons (Fsp3) is 0. The van der Waals surface area contributed by atoms with Crippen LogP contribution in [0.15, 0.2) is 127 Å². The van der Waals surface area contributed by atoms with E-state index in [2.05, 4.69) is 24.3 Å². The molecule has 0 aliphatic heterocycles. The second kappa shape index (κ2) is 13.6. The molecule has 0 heterocycles. The molecule has 0 fully saturated rings. The molecule has 3 heteroatoms. The van der Waals surface area contributed by atoms with Crippen LogP contribution in [-0.2, 0) is 16.8 Å². The predicted octanol–water partition coefficient (Wildman–Crippen LogP) is 6.97. The van der Waals surface area contributed by atoms with Gasteiger partial charge in [0.15, 0.2) is 11.6 Å². The normalized spacial score (nSPS) is 10.7. The molecule has 0 N–H and O–H groups in total. The number of carbonyl (C=O) groups is 2. The Bertz CT molecular complexity index is 1260. The molecule has 0 bridgehead atoms. The van der Waals surface area contributed by atoms with Crippen molar-refractivity contribution < 1.29 is 26.4 Å². The summed E-state index contributed by atoms with van der Waals surface area (Å²) in [5.74, 6) is -0.352. The molecule has 36 heavy (non-hydrogen) atoms. The first-order chi connectivity index (χ1) is 17.3. The number of hydrogen-bond donors (Lipinski definition) is 0. The van der Waals surface area contributed by atoms with Gasteiger partial charge in [-0.05, 0) is 11.1 Å². The fourth-order valence-electron chi connectivity index (χ4n) is 3.64. The van der Waals surface area contributed by atoms with Crippen molar-refractivity contribution in [1.82, 2.24) is 0 Å². The first-order valence-electron chi connectivity index (χ1n) is 11.1. The average Bonchev–Trinajstić information content (AvgIpc) is 3.53. The second-order valence-electron chi connectivity index (χ2n) is 7.56. The summed E-state index contributed by atoms with van der Waals surface area (Å²) in [7, 11) is 0. The van der Waals surface area contributed by atoms with Crippen LogP contribution in [-0.4, -0.2) is 11.6 Å². The predicted molar refractivity (Wildman–Crippen MR) is 139 cm³/mol. The van der Waals surface area contributed by atoms with Crippen LogP contribution in [0.1, 0.15) is 31.8 Å². The van der Waals surface area contributed by atoms with E-state index in [4.69, 9.17) is 0 Å². The molecule has 0 spiro atoms. The third kappa shape index (κ3) is 6.69. The van der Waals surface area contributed by atoms with Crippen molar-refractivity contribution in [3.63, 3.8) is 0 Å². The summed E-state index contributed by atoms with van der Waals surface area (Å²) < 4.78 is 0. The van der Waals surface area contributed by atoms with Crippen LogP contribution in [0.2, 0.25) is 0 Å². The van der Waals surface area contributed by atoms with E-state index < -0.39 is 0 Å². The smallest absolute Gasteiger partial charge is 0.194 e. The van der Waals surface area contributed by atoms with Gasteiger partial charge in [-0.25, -0.2) is 0 Å². The molecule has 5 aromatic rings. The minimum absolute atomic E-state index is 0. The summed E-state index contributed by atoms with van der Waals surface area (Å²) in [6, 6.07) is 49.0. The number of carbonyl (C=O) groups excluding carboxylic acids is 2. The molecule has 179 valence electrons. The first kappa shape index (κ1) is 26.4. The van der Waals surface area contributed by atoms with Crippen molar-refractivity contribution in [2.24, 2.45) is 0 Å². The third-order valence-electron chi connectivity index (χ3n) is 5.25. The van der Waals surface area contributed by atoms with Crippen molar-refractivity contribution in [3.8, 4) is 0 Å². The summed E-state index contributed by atoms with van der Waals surface area (Å²) >= 11 is 0. The number of ketones is 2. The Balaban J connectivity index is 0.000000538. The van der Waals surface area contributed by atoms with Gasteiger partial charge < -0.3 is 30.3 Å². The molecule has 5 rings (SSSR count). The third-order valence-corrected chi connectivity index (χ3v) is 5.25. The van der Waals surface area contributed by atoms with E-state index in [1.165, 1.54) is 0 Å². The van der Waals surface area contributed by atoms with Gasteiger partial charge in [0, 0.05) is 39.1 Å². The summed E-state index contributed by atoms with van der Waals surface area (Å²) in [5, 5.41) is 0. The van der Waals surface area contributed by atoms with Crippen LogP contribution in [0.3, 0.4) is 0 Å². The van der Waals surface area contributed by atoms with Crippen molar-refractivity contribution >= 4 is 22.7 Å². The summed E-state index contributed by atoms with van der Waals surface area (Å²) in [5.41, 5.74) is 3.34. The Hall–Kier alpha value is -4.18. The van der Waals surface area contributed by atoms with Crippen LogP contribution >= 0.6 is 0 Å². The van der Waals surface area contributed by atoms with Crippen LogP contribution in [0, 0.1) is 24.3 Å². The van der Waals surface area contributed by atoms with Crippen LogP contribution in [0.5, 0.6) is 0 Å². The van der Waals surface area contributed by atoms with Gasteiger partial charge in [-0.2, -0.15) is 0 Å². The molecule has 0 saturated heterocycles. The van der Waals surface area contributed by atoms with Crippen molar-refractivity contribution in [3.05, 3.63) is 174 Å². The zero-order chi connectivity index (χ0) is 24.3. The average molecular weight is 508 g/mol.